The summed E-state index contributed by atoms with van der Waals surface area (Å²) in [5.41, 5.74) is -2.66. The molecule has 0 spiro atoms. The van der Waals surface area contributed by atoms with Gasteiger partial charge < -0.3 is 0 Å². The van der Waals surface area contributed by atoms with E-state index in [1.54, 1.807) is 6.07 Å². The lowest BCUT2D eigenvalue weighted by molar-refractivity contribution is -0.388. The first-order chi connectivity index (χ1) is 7.36. The quantitative estimate of drug-likeness (QED) is 0.576. The third-order valence-corrected chi connectivity index (χ3v) is 1.70. The van der Waals surface area contributed by atoms with Crippen LogP contribution in [0.3, 0.4) is 0 Å². The molecule has 0 aliphatic carbocycles. The molecule has 16 heavy (non-hydrogen) atoms. The molecule has 0 unspecified atom stereocenters. The molecule has 0 aromatic carbocycles. The largest absolute Gasteiger partial charge is 0.423 e. The topological polar surface area (TPSA) is 79.8 Å². The predicted octanol–water partition coefficient (Wildman–Crippen LogP) is 2.07. The zero-order valence-electron chi connectivity index (χ0n) is 7.65. The molecule has 0 aliphatic heterocycles. The van der Waals surface area contributed by atoms with Crippen molar-refractivity contribution in [2.24, 2.45) is 0 Å². The highest BCUT2D eigenvalue weighted by molar-refractivity contribution is 5.41. The Bertz CT molecular complexity index is 465. The summed E-state index contributed by atoms with van der Waals surface area (Å²) in [6.07, 6.45) is -4.66. The van der Waals surface area contributed by atoms with Gasteiger partial charge in [-0.05, 0) is 6.07 Å². The third kappa shape index (κ3) is 2.44. The number of nitro groups is 1. The summed E-state index contributed by atoms with van der Waals surface area (Å²) in [6.45, 7) is 0. The van der Waals surface area contributed by atoms with E-state index in [1.165, 1.54) is 0 Å². The fourth-order valence-corrected chi connectivity index (χ4v) is 1.04. The van der Waals surface area contributed by atoms with E-state index in [1.807, 2.05) is 0 Å². The Labute approximate surface area is 87.3 Å². The minimum absolute atomic E-state index is 0.152. The van der Waals surface area contributed by atoms with Crippen LogP contribution in [0.1, 0.15) is 11.3 Å². The van der Waals surface area contributed by atoms with Gasteiger partial charge in [0.2, 0.25) is 0 Å². The predicted molar refractivity (Wildman–Crippen MR) is 45.2 cm³/mol. The van der Waals surface area contributed by atoms with E-state index in [-0.39, 0.29) is 12.1 Å². The average molecular weight is 231 g/mol. The number of hydrogen-bond donors (Lipinski definition) is 0. The highest BCUT2D eigenvalue weighted by Gasteiger charge is 2.38. The average Bonchev–Trinajstić information content (AvgIpc) is 2.16. The Kier molecular flexibility index (Phi) is 3.08. The Morgan fingerprint density at radius 2 is 2.19 bits per heavy atom. The summed E-state index contributed by atoms with van der Waals surface area (Å²) in [5.74, 6) is 0. The van der Waals surface area contributed by atoms with Gasteiger partial charge in [-0.15, -0.1) is 0 Å². The maximum absolute atomic E-state index is 12.4. The van der Waals surface area contributed by atoms with E-state index >= 15 is 0 Å². The maximum Gasteiger partial charge on any atom is 0.423 e. The van der Waals surface area contributed by atoms with Gasteiger partial charge in [0.05, 0.1) is 23.1 Å². The van der Waals surface area contributed by atoms with Crippen molar-refractivity contribution in [3.05, 3.63) is 33.6 Å². The van der Waals surface area contributed by atoms with Gasteiger partial charge in [-0.1, -0.05) is 0 Å². The number of alkyl halides is 3. The third-order valence-electron chi connectivity index (χ3n) is 1.70. The van der Waals surface area contributed by atoms with Crippen molar-refractivity contribution < 1.29 is 18.1 Å². The summed E-state index contributed by atoms with van der Waals surface area (Å²) in [6, 6.07) is 2.13. The van der Waals surface area contributed by atoms with Crippen LogP contribution in [0.2, 0.25) is 0 Å². The van der Waals surface area contributed by atoms with Crippen molar-refractivity contribution in [2.45, 2.75) is 12.6 Å². The lowest BCUT2D eigenvalue weighted by Crippen LogP contribution is -2.10. The van der Waals surface area contributed by atoms with Crippen LogP contribution in [0, 0.1) is 21.4 Å². The molecule has 0 saturated heterocycles. The van der Waals surface area contributed by atoms with E-state index in [4.69, 9.17) is 5.26 Å². The van der Waals surface area contributed by atoms with Gasteiger partial charge in [-0.3, -0.25) is 15.1 Å². The van der Waals surface area contributed by atoms with Gasteiger partial charge in [-0.2, -0.15) is 18.4 Å². The fraction of sp³-hybridized carbons (Fsp3) is 0.250. The second-order valence-corrected chi connectivity index (χ2v) is 2.78. The van der Waals surface area contributed by atoms with Crippen LogP contribution in [0.15, 0.2) is 12.3 Å². The number of hydrogen-bond acceptors (Lipinski definition) is 4. The number of aromatic nitrogens is 1. The molecule has 8 heteroatoms. The highest BCUT2D eigenvalue weighted by Crippen LogP contribution is 2.35. The molecule has 1 aromatic rings. The molecule has 0 atom stereocenters. The molecule has 0 radical (unpaired) electrons. The van der Waals surface area contributed by atoms with Crippen molar-refractivity contribution in [3.8, 4) is 6.07 Å². The van der Waals surface area contributed by atoms with E-state index in [9.17, 15) is 23.3 Å². The molecule has 1 aromatic heterocycles. The van der Waals surface area contributed by atoms with Crippen molar-refractivity contribution in [2.75, 3.05) is 0 Å². The Morgan fingerprint density at radius 1 is 1.56 bits per heavy atom. The van der Waals surface area contributed by atoms with Crippen LogP contribution in [0.25, 0.3) is 0 Å². The lowest BCUT2D eigenvalue weighted by atomic mass is 10.1. The van der Waals surface area contributed by atoms with Crippen molar-refractivity contribution in [3.63, 3.8) is 0 Å². The first kappa shape index (κ1) is 11.9. The van der Waals surface area contributed by atoms with E-state index in [0.29, 0.717) is 12.3 Å². The van der Waals surface area contributed by atoms with Crippen molar-refractivity contribution in [1.29, 1.82) is 5.26 Å². The first-order valence-electron chi connectivity index (χ1n) is 3.93. The number of halogens is 3. The smallest absolute Gasteiger partial charge is 0.258 e. The molecule has 0 aliphatic rings. The lowest BCUT2D eigenvalue weighted by Gasteiger charge is -2.07. The Morgan fingerprint density at radius 3 is 2.62 bits per heavy atom. The normalized spacial score (nSPS) is 10.9. The molecule has 1 rings (SSSR count). The Hall–Kier alpha value is -2.17. The summed E-state index contributed by atoms with van der Waals surface area (Å²) in [7, 11) is 0. The van der Waals surface area contributed by atoms with Crippen LogP contribution >= 0.6 is 0 Å². The van der Waals surface area contributed by atoms with Crippen molar-refractivity contribution in [1.82, 2.24) is 4.98 Å². The number of rotatable bonds is 2. The standard InChI is InChI=1S/C8H4F3N3O2/c9-8(10,11)6-3-5(1-2-12)13-4-7(6)14(15)16/h3-4H,1H2. The molecule has 84 valence electrons. The maximum atomic E-state index is 12.4. The van der Waals surface area contributed by atoms with E-state index < -0.39 is 22.4 Å². The Balaban J connectivity index is 3.34. The van der Waals surface area contributed by atoms with Gasteiger partial charge in [0.15, 0.2) is 0 Å². The molecule has 5 nitrogen and oxygen atoms in total. The highest BCUT2D eigenvalue weighted by atomic mass is 19.4. The van der Waals surface area contributed by atoms with E-state index in [0.717, 1.165) is 0 Å². The van der Waals surface area contributed by atoms with Crippen molar-refractivity contribution >= 4 is 5.69 Å². The van der Waals surface area contributed by atoms with Gasteiger partial charge in [0, 0.05) is 0 Å². The number of nitriles is 1. The van der Waals surface area contributed by atoms with Crippen LogP contribution < -0.4 is 0 Å². The SMILES string of the molecule is N#CCc1cc(C(F)(F)F)c([N+](=O)[O-])cn1. The minimum Gasteiger partial charge on any atom is -0.258 e. The van der Waals surface area contributed by atoms with Gasteiger partial charge in [0.1, 0.15) is 11.8 Å². The molecular formula is C8H4F3N3O2. The first-order valence-corrected chi connectivity index (χ1v) is 3.93. The summed E-state index contributed by atoms with van der Waals surface area (Å²) in [5, 5.41) is 18.6. The summed E-state index contributed by atoms with van der Waals surface area (Å²) in [4.78, 5) is 12.6. The van der Waals surface area contributed by atoms with Crippen LogP contribution in [-0.2, 0) is 12.6 Å². The summed E-state index contributed by atoms with van der Waals surface area (Å²) < 4.78 is 37.2. The second kappa shape index (κ2) is 4.14. The number of nitrogens with zero attached hydrogens (tertiary/aromatic N) is 3. The zero-order valence-corrected chi connectivity index (χ0v) is 7.65. The second-order valence-electron chi connectivity index (χ2n) is 2.78. The molecule has 0 N–H and O–H groups in total. The van der Waals surface area contributed by atoms with Crippen LogP contribution in [0.5, 0.6) is 0 Å². The van der Waals surface area contributed by atoms with Gasteiger partial charge in [-0.25, -0.2) is 0 Å². The van der Waals surface area contributed by atoms with E-state index in [2.05, 4.69) is 4.98 Å². The molecule has 0 amide bonds. The van der Waals surface area contributed by atoms with Gasteiger partial charge >= 0.3 is 6.18 Å². The molecule has 0 bridgehead atoms. The summed E-state index contributed by atoms with van der Waals surface area (Å²) >= 11 is 0. The molecule has 0 fully saturated rings. The van der Waals surface area contributed by atoms with Crippen LogP contribution in [-0.4, -0.2) is 9.91 Å². The fourth-order valence-electron chi connectivity index (χ4n) is 1.04. The zero-order chi connectivity index (χ0) is 12.3. The van der Waals surface area contributed by atoms with Gasteiger partial charge in [0.25, 0.3) is 5.69 Å². The molecular weight excluding hydrogens is 227 g/mol. The molecule has 1 heterocycles. The molecule has 0 saturated carbocycles. The van der Waals surface area contributed by atoms with Crippen LogP contribution in [0.4, 0.5) is 18.9 Å². The monoisotopic (exact) mass is 231 g/mol. The minimum atomic E-state index is -4.84. The number of pyridine rings is 1.